The number of carbonyl (C=O) groups excluding carboxylic acids is 1. The Labute approximate surface area is 127 Å². The molecule has 0 atom stereocenters. The molecule has 2 rings (SSSR count). The van der Waals surface area contributed by atoms with E-state index >= 15 is 0 Å². The molecule has 2 N–H and O–H groups in total. The zero-order valence-electron chi connectivity index (χ0n) is 10.6. The molecular weight excluding hydrogens is 349 g/mol. The molecule has 0 saturated heterocycles. The van der Waals surface area contributed by atoms with Crippen molar-refractivity contribution in [3.05, 3.63) is 58.3 Å². The summed E-state index contributed by atoms with van der Waals surface area (Å²) in [6.45, 7) is -0.139. The Bertz CT molecular complexity index is 662. The Balaban J connectivity index is 1.96. The highest BCUT2D eigenvalue weighted by Gasteiger charge is 2.14. The summed E-state index contributed by atoms with van der Waals surface area (Å²) in [5, 5.41) is 4.98. The van der Waals surface area contributed by atoms with Gasteiger partial charge in [0.05, 0.1) is 12.2 Å². The number of hydrogen-bond donors (Lipinski definition) is 2. The maximum Gasteiger partial charge on any atom is 0.243 e. The summed E-state index contributed by atoms with van der Waals surface area (Å²) in [6.07, 6.45) is 0. The second kappa shape index (κ2) is 6.62. The fourth-order valence-electron chi connectivity index (χ4n) is 1.57. The fourth-order valence-corrected chi connectivity index (χ4v) is 1.83. The van der Waals surface area contributed by atoms with Crippen molar-refractivity contribution < 1.29 is 18.0 Å². The first-order valence-corrected chi connectivity index (χ1v) is 6.69. The Morgan fingerprint density at radius 3 is 2.33 bits per heavy atom. The van der Waals surface area contributed by atoms with Crippen LogP contribution in [0.25, 0.3) is 0 Å². The lowest BCUT2D eigenvalue weighted by Gasteiger charge is -2.09. The predicted octanol–water partition coefficient (Wildman–Crippen LogP) is 3.92. The topological polar surface area (TPSA) is 41.1 Å². The van der Waals surface area contributed by atoms with E-state index in [9.17, 15) is 18.0 Å². The molecule has 0 aromatic heterocycles. The van der Waals surface area contributed by atoms with Gasteiger partial charge in [-0.15, -0.1) is 0 Å². The van der Waals surface area contributed by atoms with Gasteiger partial charge in [0, 0.05) is 10.2 Å². The summed E-state index contributed by atoms with van der Waals surface area (Å²) in [5.41, 5.74) is 0.288. The number of nitrogens with one attached hydrogen (secondary N) is 2. The van der Waals surface area contributed by atoms with Gasteiger partial charge in [0.25, 0.3) is 0 Å². The Morgan fingerprint density at radius 2 is 1.67 bits per heavy atom. The van der Waals surface area contributed by atoms with E-state index in [4.69, 9.17) is 0 Å². The van der Waals surface area contributed by atoms with E-state index in [1.54, 1.807) is 24.3 Å². The number of anilines is 2. The van der Waals surface area contributed by atoms with Crippen LogP contribution in [0.5, 0.6) is 0 Å². The average Bonchev–Trinajstić information content (AvgIpc) is 2.47. The minimum atomic E-state index is -1.62. The van der Waals surface area contributed by atoms with Gasteiger partial charge in [-0.3, -0.25) is 4.79 Å². The van der Waals surface area contributed by atoms with Gasteiger partial charge in [0.1, 0.15) is 0 Å². The summed E-state index contributed by atoms with van der Waals surface area (Å²) >= 11 is 3.28. The van der Waals surface area contributed by atoms with Gasteiger partial charge in [0.15, 0.2) is 17.5 Å². The van der Waals surface area contributed by atoms with Crippen molar-refractivity contribution in [2.45, 2.75) is 0 Å². The minimum Gasteiger partial charge on any atom is -0.376 e. The number of carbonyl (C=O) groups is 1. The van der Waals surface area contributed by atoms with Crippen molar-refractivity contribution in [3.8, 4) is 0 Å². The van der Waals surface area contributed by atoms with Crippen LogP contribution in [0.3, 0.4) is 0 Å². The largest absolute Gasteiger partial charge is 0.376 e. The molecule has 21 heavy (non-hydrogen) atoms. The molecule has 2 aromatic carbocycles. The van der Waals surface area contributed by atoms with Crippen LogP contribution in [0.4, 0.5) is 24.5 Å². The third-order valence-corrected chi connectivity index (χ3v) is 3.14. The molecular formula is C14H10BrF3N2O. The summed E-state index contributed by atoms with van der Waals surface area (Å²) in [4.78, 5) is 11.6. The number of amides is 1. The lowest BCUT2D eigenvalue weighted by Crippen LogP contribution is -2.22. The van der Waals surface area contributed by atoms with E-state index < -0.39 is 29.0 Å². The highest BCUT2D eigenvalue weighted by Crippen LogP contribution is 2.19. The lowest BCUT2D eigenvalue weighted by molar-refractivity contribution is -0.114. The van der Waals surface area contributed by atoms with Crippen LogP contribution in [-0.2, 0) is 4.79 Å². The van der Waals surface area contributed by atoms with E-state index in [1.165, 1.54) is 0 Å². The number of rotatable bonds is 4. The number of hydrogen-bond acceptors (Lipinski definition) is 2. The normalized spacial score (nSPS) is 10.3. The quantitative estimate of drug-likeness (QED) is 0.813. The molecule has 0 radical (unpaired) electrons. The summed E-state index contributed by atoms with van der Waals surface area (Å²) < 4.78 is 40.0. The molecule has 7 heteroatoms. The SMILES string of the molecule is O=C(CNc1ccc(Br)cc1)Nc1ccc(F)c(F)c1F. The maximum atomic E-state index is 13.4. The molecule has 0 saturated carbocycles. The molecule has 0 aliphatic rings. The first-order chi connectivity index (χ1) is 9.97. The molecule has 0 bridgehead atoms. The molecule has 0 fully saturated rings. The van der Waals surface area contributed by atoms with Crippen molar-refractivity contribution in [3.63, 3.8) is 0 Å². The van der Waals surface area contributed by atoms with Gasteiger partial charge in [-0.05, 0) is 36.4 Å². The van der Waals surface area contributed by atoms with E-state index in [0.717, 1.165) is 16.6 Å². The number of halogens is 4. The van der Waals surface area contributed by atoms with Crippen molar-refractivity contribution in [1.82, 2.24) is 0 Å². The van der Waals surface area contributed by atoms with Gasteiger partial charge in [-0.2, -0.15) is 0 Å². The monoisotopic (exact) mass is 358 g/mol. The van der Waals surface area contributed by atoms with Gasteiger partial charge in [-0.25, -0.2) is 13.2 Å². The molecule has 0 heterocycles. The van der Waals surface area contributed by atoms with E-state index in [1.807, 2.05) is 0 Å². The lowest BCUT2D eigenvalue weighted by atomic mass is 10.2. The first-order valence-electron chi connectivity index (χ1n) is 5.90. The van der Waals surface area contributed by atoms with Crippen LogP contribution < -0.4 is 10.6 Å². The van der Waals surface area contributed by atoms with Crippen molar-refractivity contribution in [2.24, 2.45) is 0 Å². The van der Waals surface area contributed by atoms with Crippen LogP contribution >= 0.6 is 15.9 Å². The second-order valence-corrected chi connectivity index (χ2v) is 5.05. The average molecular weight is 359 g/mol. The standard InChI is InChI=1S/C14H10BrF3N2O/c15-8-1-3-9(4-2-8)19-7-12(21)20-11-6-5-10(16)13(17)14(11)18/h1-6,19H,7H2,(H,20,21). The molecule has 0 unspecified atom stereocenters. The summed E-state index contributed by atoms with van der Waals surface area (Å²) in [7, 11) is 0. The van der Waals surface area contributed by atoms with Crippen LogP contribution in [0.2, 0.25) is 0 Å². The highest BCUT2D eigenvalue weighted by atomic mass is 79.9. The van der Waals surface area contributed by atoms with Gasteiger partial charge >= 0.3 is 0 Å². The third kappa shape index (κ3) is 3.98. The van der Waals surface area contributed by atoms with Crippen molar-refractivity contribution in [2.75, 3.05) is 17.2 Å². The summed E-state index contributed by atoms with van der Waals surface area (Å²) in [6, 6.07) is 8.77. The molecule has 1 amide bonds. The molecule has 110 valence electrons. The van der Waals surface area contributed by atoms with E-state index in [2.05, 4.69) is 26.6 Å². The predicted molar refractivity (Wildman–Crippen MR) is 77.6 cm³/mol. The Morgan fingerprint density at radius 1 is 1.00 bits per heavy atom. The smallest absolute Gasteiger partial charge is 0.243 e. The van der Waals surface area contributed by atoms with Gasteiger partial charge < -0.3 is 10.6 Å². The Hall–Kier alpha value is -2.02. The van der Waals surface area contributed by atoms with Crippen LogP contribution in [0.15, 0.2) is 40.9 Å². The zero-order valence-corrected chi connectivity index (χ0v) is 12.2. The van der Waals surface area contributed by atoms with E-state index in [-0.39, 0.29) is 6.54 Å². The molecule has 2 aromatic rings. The molecule has 0 spiro atoms. The van der Waals surface area contributed by atoms with Crippen LogP contribution in [-0.4, -0.2) is 12.5 Å². The van der Waals surface area contributed by atoms with Gasteiger partial charge in [-0.1, -0.05) is 15.9 Å². The highest BCUT2D eigenvalue weighted by molar-refractivity contribution is 9.10. The van der Waals surface area contributed by atoms with Crippen molar-refractivity contribution >= 4 is 33.2 Å². The second-order valence-electron chi connectivity index (χ2n) is 4.13. The Kier molecular flexibility index (Phi) is 4.85. The zero-order chi connectivity index (χ0) is 15.4. The molecule has 0 aliphatic carbocycles. The van der Waals surface area contributed by atoms with Crippen LogP contribution in [0, 0.1) is 17.5 Å². The molecule has 3 nitrogen and oxygen atoms in total. The first kappa shape index (κ1) is 15.4. The van der Waals surface area contributed by atoms with Crippen LogP contribution in [0.1, 0.15) is 0 Å². The van der Waals surface area contributed by atoms with E-state index in [0.29, 0.717) is 5.69 Å². The van der Waals surface area contributed by atoms with Crippen molar-refractivity contribution in [1.29, 1.82) is 0 Å². The number of benzene rings is 2. The summed E-state index contributed by atoms with van der Waals surface area (Å²) in [5.74, 6) is -4.93. The fraction of sp³-hybridized carbons (Fsp3) is 0.0714. The minimum absolute atomic E-state index is 0.139. The maximum absolute atomic E-state index is 13.4. The molecule has 0 aliphatic heterocycles. The van der Waals surface area contributed by atoms with Gasteiger partial charge in [0.2, 0.25) is 5.91 Å². The third-order valence-electron chi connectivity index (χ3n) is 2.61.